The molecule has 31 heavy (non-hydrogen) atoms. The Labute approximate surface area is 188 Å². The molecule has 2 aromatic rings. The van der Waals surface area contributed by atoms with Gasteiger partial charge in [-0.1, -0.05) is 48.7 Å². The minimum Gasteiger partial charge on any atom is -0.353 e. The predicted molar refractivity (Wildman–Crippen MR) is 121 cm³/mol. The zero-order chi connectivity index (χ0) is 21.6. The molecule has 2 aliphatic rings. The first kappa shape index (κ1) is 21.9. The highest BCUT2D eigenvalue weighted by Gasteiger charge is 2.30. The summed E-state index contributed by atoms with van der Waals surface area (Å²) in [6.07, 6.45) is 9.24. The summed E-state index contributed by atoms with van der Waals surface area (Å²) in [7, 11) is 0. The number of nitrogens with one attached hydrogen (secondary N) is 1. The molecule has 1 atom stereocenters. The SMILES string of the molecule is Cc1ccc(-n2cnnc2SCC(=O)N2CCC[C@@H](C(=O)NC3CCCCC3)C2)cc1. The van der Waals surface area contributed by atoms with Crippen molar-refractivity contribution in [2.75, 3.05) is 18.8 Å². The van der Waals surface area contributed by atoms with E-state index in [0.717, 1.165) is 37.9 Å². The molecule has 2 fully saturated rings. The lowest BCUT2D eigenvalue weighted by atomic mass is 9.93. The molecular formula is C23H31N5O2S. The molecule has 1 N–H and O–H groups in total. The van der Waals surface area contributed by atoms with Crippen molar-refractivity contribution in [3.63, 3.8) is 0 Å². The molecule has 2 amide bonds. The smallest absolute Gasteiger partial charge is 0.233 e. The summed E-state index contributed by atoms with van der Waals surface area (Å²) in [4.78, 5) is 27.4. The predicted octanol–water partition coefficient (Wildman–Crippen LogP) is 3.36. The number of nitrogens with zero attached hydrogens (tertiary/aromatic N) is 4. The largest absolute Gasteiger partial charge is 0.353 e. The van der Waals surface area contributed by atoms with Crippen molar-refractivity contribution in [2.24, 2.45) is 5.92 Å². The van der Waals surface area contributed by atoms with Crippen LogP contribution >= 0.6 is 11.8 Å². The fourth-order valence-corrected chi connectivity index (χ4v) is 5.24. The highest BCUT2D eigenvalue weighted by molar-refractivity contribution is 7.99. The maximum atomic E-state index is 12.9. The Bertz CT molecular complexity index is 892. The molecular weight excluding hydrogens is 410 g/mol. The maximum Gasteiger partial charge on any atom is 0.233 e. The van der Waals surface area contributed by atoms with E-state index in [1.54, 1.807) is 6.33 Å². The number of carbonyl (C=O) groups is 2. The standard InChI is InChI=1S/C23H31N5O2S/c1-17-9-11-20(12-10-17)28-16-24-26-23(28)31-15-21(29)27-13-5-6-18(14-27)22(30)25-19-7-3-2-4-8-19/h9-12,16,18-19H,2-8,13-15H2,1H3,(H,25,30)/t18-/m1/s1. The minimum atomic E-state index is -0.0964. The van der Waals surface area contributed by atoms with Gasteiger partial charge in [0.25, 0.3) is 0 Å². The van der Waals surface area contributed by atoms with E-state index in [1.165, 1.54) is 36.6 Å². The molecule has 0 radical (unpaired) electrons. The number of piperidine rings is 1. The summed E-state index contributed by atoms with van der Waals surface area (Å²) in [6, 6.07) is 8.44. The Hall–Kier alpha value is -2.35. The Morgan fingerprint density at radius 3 is 2.65 bits per heavy atom. The van der Waals surface area contributed by atoms with E-state index in [0.29, 0.717) is 23.5 Å². The van der Waals surface area contributed by atoms with Crippen molar-refractivity contribution in [3.05, 3.63) is 36.2 Å². The monoisotopic (exact) mass is 441 g/mol. The average molecular weight is 442 g/mol. The van der Waals surface area contributed by atoms with E-state index in [-0.39, 0.29) is 17.7 Å². The van der Waals surface area contributed by atoms with E-state index in [4.69, 9.17) is 0 Å². The molecule has 1 aromatic heterocycles. The molecule has 8 heteroatoms. The number of aryl methyl sites for hydroxylation is 1. The molecule has 1 aliphatic heterocycles. The molecule has 0 bridgehead atoms. The van der Waals surface area contributed by atoms with E-state index in [2.05, 4.69) is 15.5 Å². The topological polar surface area (TPSA) is 80.1 Å². The third kappa shape index (κ3) is 5.67. The van der Waals surface area contributed by atoms with E-state index in [9.17, 15) is 9.59 Å². The lowest BCUT2D eigenvalue weighted by Gasteiger charge is -2.33. The van der Waals surface area contributed by atoms with E-state index >= 15 is 0 Å². The van der Waals surface area contributed by atoms with E-state index < -0.39 is 0 Å². The Kier molecular flexibility index (Phi) is 7.27. The normalized spacial score (nSPS) is 19.9. The van der Waals surface area contributed by atoms with Crippen LogP contribution in [0.3, 0.4) is 0 Å². The Morgan fingerprint density at radius 1 is 1.10 bits per heavy atom. The third-order valence-electron chi connectivity index (χ3n) is 6.25. The lowest BCUT2D eigenvalue weighted by molar-refractivity contribution is -0.134. The number of carbonyl (C=O) groups excluding carboxylic acids is 2. The van der Waals surface area contributed by atoms with Crippen molar-refractivity contribution in [1.82, 2.24) is 25.0 Å². The van der Waals surface area contributed by atoms with Crippen LogP contribution in [0.5, 0.6) is 0 Å². The highest BCUT2D eigenvalue weighted by atomic mass is 32.2. The van der Waals surface area contributed by atoms with Crippen LogP contribution in [0.1, 0.15) is 50.5 Å². The number of benzene rings is 1. The second-order valence-corrected chi connectivity index (χ2v) is 9.57. The quantitative estimate of drug-likeness (QED) is 0.696. The number of rotatable bonds is 6. The van der Waals surface area contributed by atoms with Crippen molar-refractivity contribution >= 4 is 23.6 Å². The van der Waals surface area contributed by atoms with Crippen LogP contribution in [0.15, 0.2) is 35.7 Å². The Morgan fingerprint density at radius 2 is 1.87 bits per heavy atom. The Balaban J connectivity index is 1.30. The average Bonchev–Trinajstić information content (AvgIpc) is 3.27. The van der Waals surface area contributed by atoms with Crippen LogP contribution in [-0.4, -0.2) is 56.4 Å². The van der Waals surface area contributed by atoms with Crippen molar-refractivity contribution in [2.45, 2.75) is 63.1 Å². The summed E-state index contributed by atoms with van der Waals surface area (Å²) in [6.45, 7) is 3.28. The molecule has 1 aromatic carbocycles. The number of hydrogen-bond donors (Lipinski definition) is 1. The molecule has 0 unspecified atom stereocenters. The first-order valence-corrected chi connectivity index (χ1v) is 12.3. The van der Waals surface area contributed by atoms with Gasteiger partial charge in [-0.05, 0) is 44.7 Å². The van der Waals surface area contributed by atoms with Gasteiger partial charge >= 0.3 is 0 Å². The van der Waals surface area contributed by atoms with Gasteiger partial charge in [-0.25, -0.2) is 0 Å². The summed E-state index contributed by atoms with van der Waals surface area (Å²) in [5, 5.41) is 12.1. The number of likely N-dealkylation sites (tertiary alicyclic amines) is 1. The van der Waals surface area contributed by atoms with Crippen molar-refractivity contribution < 1.29 is 9.59 Å². The van der Waals surface area contributed by atoms with Crippen LogP contribution in [0.2, 0.25) is 0 Å². The highest BCUT2D eigenvalue weighted by Crippen LogP contribution is 2.23. The zero-order valence-electron chi connectivity index (χ0n) is 18.1. The van der Waals surface area contributed by atoms with Crippen LogP contribution in [0.25, 0.3) is 5.69 Å². The fourth-order valence-electron chi connectivity index (χ4n) is 4.41. The lowest BCUT2D eigenvalue weighted by Crippen LogP contribution is -2.48. The van der Waals surface area contributed by atoms with Crippen molar-refractivity contribution in [3.8, 4) is 5.69 Å². The third-order valence-corrected chi connectivity index (χ3v) is 7.18. The number of amides is 2. The van der Waals surface area contributed by atoms with Gasteiger partial charge < -0.3 is 10.2 Å². The van der Waals surface area contributed by atoms with Gasteiger partial charge in [0, 0.05) is 24.8 Å². The van der Waals surface area contributed by atoms with E-state index in [1.807, 2.05) is 40.7 Å². The van der Waals surface area contributed by atoms with Gasteiger partial charge in [0.05, 0.1) is 11.7 Å². The van der Waals surface area contributed by atoms with Gasteiger partial charge in [-0.2, -0.15) is 0 Å². The first-order chi connectivity index (χ1) is 15.1. The summed E-state index contributed by atoms with van der Waals surface area (Å²) in [5.74, 6) is 0.372. The van der Waals surface area contributed by atoms with Gasteiger partial charge in [-0.3, -0.25) is 14.2 Å². The van der Waals surface area contributed by atoms with Gasteiger partial charge in [0.1, 0.15) is 6.33 Å². The summed E-state index contributed by atoms with van der Waals surface area (Å²) < 4.78 is 1.90. The zero-order valence-corrected chi connectivity index (χ0v) is 18.9. The maximum absolute atomic E-state index is 12.9. The molecule has 1 saturated carbocycles. The molecule has 1 saturated heterocycles. The van der Waals surface area contributed by atoms with Gasteiger partial charge in [0.15, 0.2) is 5.16 Å². The van der Waals surface area contributed by atoms with Crippen LogP contribution in [0.4, 0.5) is 0 Å². The second-order valence-electron chi connectivity index (χ2n) is 8.63. The minimum absolute atomic E-state index is 0.0543. The van der Waals surface area contributed by atoms with Crippen LogP contribution in [-0.2, 0) is 9.59 Å². The molecule has 2 heterocycles. The molecule has 166 valence electrons. The van der Waals surface area contributed by atoms with Crippen LogP contribution < -0.4 is 5.32 Å². The molecule has 1 aliphatic carbocycles. The molecule has 7 nitrogen and oxygen atoms in total. The molecule has 0 spiro atoms. The fraction of sp³-hybridized carbons (Fsp3) is 0.565. The van der Waals surface area contributed by atoms with Crippen molar-refractivity contribution in [1.29, 1.82) is 0 Å². The first-order valence-electron chi connectivity index (χ1n) is 11.3. The number of aromatic nitrogens is 3. The van der Waals surface area contributed by atoms with Crippen LogP contribution in [0, 0.1) is 12.8 Å². The summed E-state index contributed by atoms with van der Waals surface area (Å²) >= 11 is 1.39. The van der Waals surface area contributed by atoms with Gasteiger partial charge in [-0.15, -0.1) is 10.2 Å². The number of thioether (sulfide) groups is 1. The molecule has 4 rings (SSSR count). The summed E-state index contributed by atoms with van der Waals surface area (Å²) in [5.41, 5.74) is 2.16. The number of hydrogen-bond acceptors (Lipinski definition) is 5. The van der Waals surface area contributed by atoms with Gasteiger partial charge in [0.2, 0.25) is 11.8 Å². The second kappa shape index (κ2) is 10.3.